The lowest BCUT2D eigenvalue weighted by Crippen LogP contribution is -2.08. The summed E-state index contributed by atoms with van der Waals surface area (Å²) in [6.45, 7) is 2.13. The first kappa shape index (κ1) is 14.1. The molecule has 0 spiro atoms. The van der Waals surface area contributed by atoms with Gasteiger partial charge in [0.25, 0.3) is 0 Å². The summed E-state index contributed by atoms with van der Waals surface area (Å²) in [5.74, 6) is 2.27. The first-order valence-electron chi connectivity index (χ1n) is 5.53. The molecule has 1 N–H and O–H groups in total. The zero-order chi connectivity index (χ0) is 12.7. The van der Waals surface area contributed by atoms with Crippen molar-refractivity contribution in [3.8, 4) is 5.75 Å². The number of carbonyl (C=O) groups is 1. The van der Waals surface area contributed by atoms with E-state index in [4.69, 9.17) is 9.84 Å². The quantitative estimate of drug-likeness (QED) is 0.758. The SMILES string of the molecule is COc1cccc(C(=O)CSCC(C)CO)c1. The van der Waals surface area contributed by atoms with Crippen LogP contribution in [0.4, 0.5) is 0 Å². The van der Waals surface area contributed by atoms with Crippen molar-refractivity contribution in [2.24, 2.45) is 5.92 Å². The van der Waals surface area contributed by atoms with Crippen molar-refractivity contribution in [3.05, 3.63) is 29.8 Å². The third-order valence-electron chi connectivity index (χ3n) is 2.34. The van der Waals surface area contributed by atoms with E-state index in [0.717, 1.165) is 5.75 Å². The molecule has 0 amide bonds. The van der Waals surface area contributed by atoms with Crippen LogP contribution < -0.4 is 4.74 Å². The van der Waals surface area contributed by atoms with Gasteiger partial charge in [-0.05, 0) is 23.8 Å². The van der Waals surface area contributed by atoms with Gasteiger partial charge >= 0.3 is 0 Å². The molecule has 0 aliphatic rings. The van der Waals surface area contributed by atoms with Crippen molar-refractivity contribution in [2.45, 2.75) is 6.92 Å². The van der Waals surface area contributed by atoms with Gasteiger partial charge in [0.1, 0.15) is 5.75 Å². The minimum atomic E-state index is 0.0963. The molecule has 0 bridgehead atoms. The Balaban J connectivity index is 2.46. The van der Waals surface area contributed by atoms with Gasteiger partial charge in [-0.2, -0.15) is 11.8 Å². The average Bonchev–Trinajstić information content (AvgIpc) is 2.38. The highest BCUT2D eigenvalue weighted by atomic mass is 32.2. The maximum absolute atomic E-state index is 11.8. The smallest absolute Gasteiger partial charge is 0.172 e. The van der Waals surface area contributed by atoms with Crippen LogP contribution in [0.25, 0.3) is 0 Å². The second-order valence-electron chi connectivity index (χ2n) is 3.96. The van der Waals surface area contributed by atoms with Crippen molar-refractivity contribution < 1.29 is 14.6 Å². The molecule has 0 radical (unpaired) electrons. The lowest BCUT2D eigenvalue weighted by Gasteiger charge is -2.07. The molecular formula is C13H18O3S. The van der Waals surface area contributed by atoms with Crippen molar-refractivity contribution >= 4 is 17.5 Å². The topological polar surface area (TPSA) is 46.5 Å². The number of benzene rings is 1. The number of hydrogen-bond acceptors (Lipinski definition) is 4. The third-order valence-corrected chi connectivity index (χ3v) is 3.61. The van der Waals surface area contributed by atoms with Crippen LogP contribution in [0, 0.1) is 5.92 Å². The third kappa shape index (κ3) is 4.79. The van der Waals surface area contributed by atoms with E-state index in [1.54, 1.807) is 31.0 Å². The van der Waals surface area contributed by atoms with Crippen LogP contribution in [0.1, 0.15) is 17.3 Å². The molecule has 1 atom stereocenters. The van der Waals surface area contributed by atoms with Crippen LogP contribution in [0.2, 0.25) is 0 Å². The van der Waals surface area contributed by atoms with Crippen molar-refractivity contribution in [1.29, 1.82) is 0 Å². The number of Topliss-reactive ketones (excluding diaryl/α,β-unsaturated/α-hetero) is 1. The highest BCUT2D eigenvalue weighted by Crippen LogP contribution is 2.16. The summed E-state index contributed by atoms with van der Waals surface area (Å²) >= 11 is 1.55. The van der Waals surface area contributed by atoms with E-state index < -0.39 is 0 Å². The van der Waals surface area contributed by atoms with Gasteiger partial charge in [0, 0.05) is 12.2 Å². The number of methoxy groups -OCH3 is 1. The molecular weight excluding hydrogens is 236 g/mol. The first-order valence-corrected chi connectivity index (χ1v) is 6.68. The molecule has 17 heavy (non-hydrogen) atoms. The van der Waals surface area contributed by atoms with E-state index in [9.17, 15) is 4.79 Å². The number of thioether (sulfide) groups is 1. The Hall–Kier alpha value is -1.00. The fourth-order valence-electron chi connectivity index (χ4n) is 1.29. The summed E-state index contributed by atoms with van der Waals surface area (Å²) < 4.78 is 5.07. The second kappa shape index (κ2) is 7.35. The fraction of sp³-hybridized carbons (Fsp3) is 0.462. The Bertz CT molecular complexity index is 365. The van der Waals surface area contributed by atoms with Gasteiger partial charge in [-0.15, -0.1) is 0 Å². The minimum Gasteiger partial charge on any atom is -0.497 e. The van der Waals surface area contributed by atoms with Crippen LogP contribution in [-0.4, -0.2) is 36.1 Å². The minimum absolute atomic E-state index is 0.0963. The van der Waals surface area contributed by atoms with E-state index in [2.05, 4.69) is 0 Å². The number of rotatable bonds is 7. The molecule has 0 fully saturated rings. The van der Waals surface area contributed by atoms with E-state index in [0.29, 0.717) is 17.1 Å². The first-order chi connectivity index (χ1) is 8.17. The number of ether oxygens (including phenoxy) is 1. The summed E-state index contributed by atoms with van der Waals surface area (Å²) in [6.07, 6.45) is 0. The summed E-state index contributed by atoms with van der Waals surface area (Å²) in [5.41, 5.74) is 0.675. The highest BCUT2D eigenvalue weighted by Gasteiger charge is 2.08. The Kier molecular flexibility index (Phi) is 6.08. The van der Waals surface area contributed by atoms with Crippen molar-refractivity contribution in [2.75, 3.05) is 25.2 Å². The lowest BCUT2D eigenvalue weighted by atomic mass is 10.1. The summed E-state index contributed by atoms with van der Waals surface area (Å²) in [4.78, 5) is 11.8. The number of ketones is 1. The van der Waals surface area contributed by atoms with Crippen molar-refractivity contribution in [3.63, 3.8) is 0 Å². The maximum Gasteiger partial charge on any atom is 0.172 e. The Morgan fingerprint density at radius 1 is 1.53 bits per heavy atom. The normalized spacial score (nSPS) is 12.2. The molecule has 0 aromatic heterocycles. The Labute approximate surface area is 106 Å². The van der Waals surface area contributed by atoms with Gasteiger partial charge in [0.05, 0.1) is 12.9 Å². The lowest BCUT2D eigenvalue weighted by molar-refractivity contribution is 0.102. The van der Waals surface area contributed by atoms with Gasteiger partial charge in [0.15, 0.2) is 5.78 Å². The second-order valence-corrected chi connectivity index (χ2v) is 4.99. The van der Waals surface area contributed by atoms with Crippen LogP contribution in [0.3, 0.4) is 0 Å². The Morgan fingerprint density at radius 2 is 2.29 bits per heavy atom. The van der Waals surface area contributed by atoms with E-state index in [1.807, 2.05) is 19.1 Å². The molecule has 0 saturated carbocycles. The van der Waals surface area contributed by atoms with Gasteiger partial charge in [-0.25, -0.2) is 0 Å². The average molecular weight is 254 g/mol. The monoisotopic (exact) mass is 254 g/mol. The molecule has 1 unspecified atom stereocenters. The molecule has 4 heteroatoms. The largest absolute Gasteiger partial charge is 0.497 e. The number of aliphatic hydroxyl groups excluding tert-OH is 1. The highest BCUT2D eigenvalue weighted by molar-refractivity contribution is 7.99. The summed E-state index contributed by atoms with van der Waals surface area (Å²) in [7, 11) is 1.58. The zero-order valence-electron chi connectivity index (χ0n) is 10.2. The maximum atomic E-state index is 11.8. The zero-order valence-corrected chi connectivity index (χ0v) is 11.0. The predicted octanol–water partition coefficient (Wildman–Crippen LogP) is 2.24. The van der Waals surface area contributed by atoms with Gasteiger partial charge in [0.2, 0.25) is 0 Å². The molecule has 1 rings (SSSR count). The van der Waals surface area contributed by atoms with E-state index in [1.165, 1.54) is 0 Å². The molecule has 0 heterocycles. The van der Waals surface area contributed by atoms with Gasteiger partial charge < -0.3 is 9.84 Å². The van der Waals surface area contributed by atoms with Gasteiger partial charge in [-0.1, -0.05) is 19.1 Å². The van der Waals surface area contributed by atoms with Gasteiger partial charge in [-0.3, -0.25) is 4.79 Å². The summed E-state index contributed by atoms with van der Waals surface area (Å²) in [5, 5.41) is 8.87. The fourth-order valence-corrected chi connectivity index (χ4v) is 2.26. The number of aliphatic hydroxyl groups is 1. The molecule has 0 aliphatic heterocycles. The predicted molar refractivity (Wildman–Crippen MR) is 70.9 cm³/mol. The standard InChI is InChI=1S/C13H18O3S/c1-10(7-14)8-17-9-13(15)11-4-3-5-12(6-11)16-2/h3-6,10,14H,7-9H2,1-2H3. The van der Waals surface area contributed by atoms with Crippen LogP contribution in [0.15, 0.2) is 24.3 Å². The van der Waals surface area contributed by atoms with Crippen LogP contribution in [0.5, 0.6) is 5.75 Å². The summed E-state index contributed by atoms with van der Waals surface area (Å²) in [6, 6.07) is 7.17. The van der Waals surface area contributed by atoms with Crippen LogP contribution in [-0.2, 0) is 0 Å². The van der Waals surface area contributed by atoms with E-state index >= 15 is 0 Å². The van der Waals surface area contributed by atoms with Crippen molar-refractivity contribution in [1.82, 2.24) is 0 Å². The number of hydrogen-bond donors (Lipinski definition) is 1. The molecule has 94 valence electrons. The molecule has 1 aromatic rings. The molecule has 0 aliphatic carbocycles. The number of carbonyl (C=O) groups excluding carboxylic acids is 1. The van der Waals surface area contributed by atoms with E-state index in [-0.39, 0.29) is 18.3 Å². The Morgan fingerprint density at radius 3 is 2.94 bits per heavy atom. The molecule has 0 saturated heterocycles. The molecule has 3 nitrogen and oxygen atoms in total. The van der Waals surface area contributed by atoms with Crippen LogP contribution >= 0.6 is 11.8 Å². The molecule has 1 aromatic carbocycles.